The number of aryl methyl sites for hydroxylation is 2. The number of benzene rings is 5. The highest BCUT2D eigenvalue weighted by Crippen LogP contribution is 2.46. The average molecular weight is 1060 g/mol. The zero-order chi connectivity index (χ0) is 55.9. The molecule has 0 bridgehead atoms. The summed E-state index contributed by atoms with van der Waals surface area (Å²) in [6.45, 7) is 9.17. The fourth-order valence-corrected chi connectivity index (χ4v) is 7.75. The number of halogens is 4. The smallest absolute Gasteiger partial charge is 0.416 e. The van der Waals surface area contributed by atoms with Crippen LogP contribution in [0.1, 0.15) is 69.3 Å². The number of aliphatic imine (C=N–C) groups is 1. The fourth-order valence-electron chi connectivity index (χ4n) is 7.75. The summed E-state index contributed by atoms with van der Waals surface area (Å²) in [5.41, 5.74) is 2.26. The third-order valence-corrected chi connectivity index (χ3v) is 11.6. The Hall–Kier alpha value is -8.69. The molecular weight excluding hydrogens is 1000 g/mol. The molecule has 0 saturated carbocycles. The minimum atomic E-state index is -4.64. The first-order valence-electron chi connectivity index (χ1n) is 23.4. The molecule has 0 aromatic heterocycles. The molecule has 2 aliphatic rings. The van der Waals surface area contributed by atoms with Gasteiger partial charge in [-0.15, -0.1) is 0 Å². The Morgan fingerprint density at radius 3 is 1.71 bits per heavy atom. The number of guanidine groups is 1. The minimum Gasteiger partial charge on any atom is -0.497 e. The summed E-state index contributed by atoms with van der Waals surface area (Å²) in [5, 5.41) is 18.6. The van der Waals surface area contributed by atoms with Gasteiger partial charge in [0, 0.05) is 50.4 Å². The number of aliphatic carboxylic acids is 2. The van der Waals surface area contributed by atoms with Crippen molar-refractivity contribution in [3.63, 3.8) is 0 Å². The molecule has 0 unspecified atom stereocenters. The normalized spacial score (nSPS) is 14.6. The minimum absolute atomic E-state index is 0.0267. The molecular formula is C54H56F4N4O14. The van der Waals surface area contributed by atoms with Gasteiger partial charge in [-0.2, -0.15) is 13.2 Å². The molecule has 18 nitrogen and oxygen atoms in total. The summed E-state index contributed by atoms with van der Waals surface area (Å²) in [5.74, 6) is -5.99. The third kappa shape index (κ3) is 15.2. The molecule has 3 atom stereocenters. The van der Waals surface area contributed by atoms with Crippen molar-refractivity contribution >= 4 is 58.8 Å². The summed E-state index contributed by atoms with van der Waals surface area (Å²) in [6.07, 6.45) is -9.35. The summed E-state index contributed by atoms with van der Waals surface area (Å²) < 4.78 is 86.7. The number of piperazine rings is 1. The Labute approximate surface area is 434 Å². The number of carboxylic acids is 2. The van der Waals surface area contributed by atoms with Gasteiger partial charge in [0.15, 0.2) is 0 Å². The molecule has 0 amide bonds. The van der Waals surface area contributed by atoms with E-state index in [1.165, 1.54) is 68.5 Å². The highest BCUT2D eigenvalue weighted by Gasteiger charge is 2.42. The largest absolute Gasteiger partial charge is 0.497 e. The molecule has 0 aliphatic carbocycles. The van der Waals surface area contributed by atoms with E-state index < -0.39 is 65.7 Å². The molecule has 404 valence electrons. The number of fused-ring (bicyclic) bond motifs is 1. The van der Waals surface area contributed by atoms with Gasteiger partial charge in [0.2, 0.25) is 18.2 Å². The molecule has 0 spiro atoms. The monoisotopic (exact) mass is 1060 g/mol. The van der Waals surface area contributed by atoms with Crippen molar-refractivity contribution < 1.29 is 85.0 Å². The van der Waals surface area contributed by atoms with Crippen molar-refractivity contribution in [1.29, 1.82) is 0 Å². The van der Waals surface area contributed by atoms with E-state index in [2.05, 4.69) is 14.6 Å². The van der Waals surface area contributed by atoms with Crippen LogP contribution in [0.4, 0.5) is 34.6 Å². The third-order valence-electron chi connectivity index (χ3n) is 11.6. The second kappa shape index (κ2) is 26.5. The first kappa shape index (κ1) is 58.2. The van der Waals surface area contributed by atoms with Crippen LogP contribution in [0.2, 0.25) is 0 Å². The van der Waals surface area contributed by atoms with Crippen molar-refractivity contribution in [2.24, 2.45) is 4.99 Å². The molecule has 76 heavy (non-hydrogen) atoms. The number of carbonyl (C=O) groups is 6. The first-order valence-corrected chi connectivity index (χ1v) is 23.4. The topological polar surface area (TPSA) is 220 Å². The number of carboxylic acid groups (broad SMARTS) is 2. The number of hydrogen-bond donors (Lipinski definition) is 2. The van der Waals surface area contributed by atoms with E-state index in [0.29, 0.717) is 44.1 Å². The maximum Gasteiger partial charge on any atom is 0.416 e. The number of methoxy groups -OCH3 is 3. The van der Waals surface area contributed by atoms with Gasteiger partial charge in [-0.1, -0.05) is 53.6 Å². The quantitative estimate of drug-likeness (QED) is 0.0604. The van der Waals surface area contributed by atoms with Crippen LogP contribution in [0.15, 0.2) is 114 Å². The molecule has 2 heterocycles. The van der Waals surface area contributed by atoms with Gasteiger partial charge in [-0.25, -0.2) is 28.6 Å². The van der Waals surface area contributed by atoms with Crippen LogP contribution in [0.5, 0.6) is 11.5 Å². The van der Waals surface area contributed by atoms with Gasteiger partial charge in [0.1, 0.15) is 23.0 Å². The van der Waals surface area contributed by atoms with E-state index in [4.69, 9.17) is 23.7 Å². The van der Waals surface area contributed by atoms with Gasteiger partial charge in [-0.3, -0.25) is 9.59 Å². The molecule has 1 saturated heterocycles. The van der Waals surface area contributed by atoms with Crippen molar-refractivity contribution in [2.75, 3.05) is 63.9 Å². The van der Waals surface area contributed by atoms with Crippen LogP contribution in [0.25, 0.3) is 0 Å². The molecule has 0 radical (unpaired) electrons. The number of para-hydroxylation sites is 1. The van der Waals surface area contributed by atoms with Crippen LogP contribution >= 0.6 is 0 Å². The lowest BCUT2D eigenvalue weighted by molar-refractivity contribution is -0.166. The number of carbonyl (C=O) groups excluding carboxylic acids is 4. The Bertz CT molecular complexity index is 2820. The Balaban J connectivity index is 0.000000270. The predicted molar refractivity (Wildman–Crippen MR) is 268 cm³/mol. The van der Waals surface area contributed by atoms with Crippen LogP contribution in [-0.4, -0.2) is 123 Å². The molecule has 5 aromatic carbocycles. The molecule has 2 aliphatic heterocycles. The van der Waals surface area contributed by atoms with E-state index in [9.17, 15) is 52.2 Å². The second-order valence-electron chi connectivity index (χ2n) is 16.8. The van der Waals surface area contributed by atoms with E-state index in [0.717, 1.165) is 28.9 Å². The van der Waals surface area contributed by atoms with Crippen molar-refractivity contribution in [2.45, 2.75) is 58.5 Å². The number of ether oxygens (including phenoxy) is 6. The Morgan fingerprint density at radius 2 is 1.25 bits per heavy atom. The van der Waals surface area contributed by atoms with Crippen LogP contribution in [0, 0.1) is 19.7 Å². The maximum atomic E-state index is 15.2. The SMILES string of the molecule is CCOC(C)=O.COC(=O)C[C@@H]1c2cccc(F)c2N=C(N2CCN(c3cccc(OC)c3)CC2)N1c1cc(C(F)(F)F)ccc1OC.Cc1ccc(C(=O)O[C@@H](C(=O)O)[C@@H](OC(=O)c2ccc(C)cc2)C(=O)O)cc1. The van der Waals surface area contributed by atoms with Crippen LogP contribution < -0.4 is 19.3 Å². The van der Waals surface area contributed by atoms with E-state index >= 15 is 4.39 Å². The lowest BCUT2D eigenvalue weighted by atomic mass is 9.96. The van der Waals surface area contributed by atoms with Crippen LogP contribution in [0.3, 0.4) is 0 Å². The molecule has 1 fully saturated rings. The lowest BCUT2D eigenvalue weighted by Gasteiger charge is -2.45. The molecule has 7 rings (SSSR count). The summed E-state index contributed by atoms with van der Waals surface area (Å²) in [7, 11) is 4.17. The van der Waals surface area contributed by atoms with Gasteiger partial charge < -0.3 is 53.3 Å². The number of rotatable bonds is 14. The Morgan fingerprint density at radius 1 is 0.711 bits per heavy atom. The maximum absolute atomic E-state index is 15.2. The first-order chi connectivity index (χ1) is 36.1. The van der Waals surface area contributed by atoms with Gasteiger partial charge in [0.05, 0.1) is 62.8 Å². The summed E-state index contributed by atoms with van der Waals surface area (Å²) in [4.78, 5) is 80.0. The number of nitrogens with zero attached hydrogens (tertiary/aromatic N) is 4. The zero-order valence-electron chi connectivity index (χ0n) is 42.5. The van der Waals surface area contributed by atoms with E-state index in [1.54, 1.807) is 58.2 Å². The lowest BCUT2D eigenvalue weighted by Crippen LogP contribution is -2.55. The Kier molecular flexibility index (Phi) is 20.3. The van der Waals surface area contributed by atoms with Crippen molar-refractivity contribution in [1.82, 2.24) is 4.90 Å². The van der Waals surface area contributed by atoms with Gasteiger partial charge in [0.25, 0.3) is 0 Å². The number of alkyl halides is 3. The molecule has 5 aromatic rings. The highest BCUT2D eigenvalue weighted by atomic mass is 19.4. The highest BCUT2D eigenvalue weighted by molar-refractivity contribution is 6.02. The predicted octanol–water partition coefficient (Wildman–Crippen LogP) is 8.59. The standard InChI is InChI=1S/C30H30F4N4O4.C20H18O8.C4H8O2/c1-40-21-7-4-6-20(17-21)36-12-14-37(15-13-36)29-35-28-22(8-5-9-23(28)31)24(18-27(39)42-3)38(29)25-16-19(30(32,33)34)10-11-26(25)41-2;1-11-3-7-13(8-4-11)19(25)27-15(17(21)22)16(18(23)24)28-20(26)14-9-5-12(2)6-10-14;1-3-6-4(2)5/h4-11,16-17,24H,12-15,18H2,1-3H3;3-10,15-16H,1-2H3,(H,21,22)(H,23,24);3H2,1-2H3/t24-;15-,16-;/m11./s1. The number of hydrogen-bond acceptors (Lipinski definition) is 16. The summed E-state index contributed by atoms with van der Waals surface area (Å²) in [6, 6.07) is 26.3. The number of anilines is 2. The zero-order valence-corrected chi connectivity index (χ0v) is 42.5. The second-order valence-corrected chi connectivity index (χ2v) is 16.8. The van der Waals surface area contributed by atoms with Crippen molar-refractivity contribution in [3.05, 3.63) is 148 Å². The van der Waals surface area contributed by atoms with Gasteiger partial charge in [-0.05, 0) is 81.4 Å². The molecule has 22 heteroatoms. The van der Waals surface area contributed by atoms with Gasteiger partial charge >= 0.3 is 42.0 Å². The summed E-state index contributed by atoms with van der Waals surface area (Å²) >= 11 is 0. The fraction of sp³-hybridized carbons (Fsp3) is 0.315. The van der Waals surface area contributed by atoms with E-state index in [1.807, 2.05) is 29.2 Å². The van der Waals surface area contributed by atoms with Crippen molar-refractivity contribution in [3.8, 4) is 11.5 Å². The number of esters is 4. The average Bonchev–Trinajstić information content (AvgIpc) is 3.39. The van der Waals surface area contributed by atoms with Crippen LogP contribution in [-0.2, 0) is 44.3 Å². The molecule has 2 N–H and O–H groups in total. The van der Waals surface area contributed by atoms with E-state index in [-0.39, 0.29) is 46.6 Å².